The summed E-state index contributed by atoms with van der Waals surface area (Å²) in [6, 6.07) is 9.01. The summed E-state index contributed by atoms with van der Waals surface area (Å²) in [5.74, 6) is 2.96. The average molecular weight is 344 g/mol. The number of hydrogen-bond donors (Lipinski definition) is 1. The summed E-state index contributed by atoms with van der Waals surface area (Å²) in [5.41, 5.74) is 2.12. The van der Waals surface area contributed by atoms with Crippen LogP contribution in [-0.2, 0) is 0 Å². The van der Waals surface area contributed by atoms with Gasteiger partial charge in [-0.2, -0.15) is 11.8 Å². The van der Waals surface area contributed by atoms with Crippen LogP contribution in [0.2, 0.25) is 0 Å². The third kappa shape index (κ3) is 3.82. The van der Waals surface area contributed by atoms with Crippen LogP contribution in [0.5, 0.6) is 11.6 Å². The minimum Gasteiger partial charge on any atom is -0.497 e. The van der Waals surface area contributed by atoms with Crippen LogP contribution in [-0.4, -0.2) is 35.6 Å². The minimum atomic E-state index is -0.225. The Morgan fingerprint density at radius 1 is 1.38 bits per heavy atom. The molecule has 2 heterocycles. The number of nitrogens with zero attached hydrogens (tertiary/aromatic N) is 1. The molecule has 0 radical (unpaired) electrons. The van der Waals surface area contributed by atoms with Gasteiger partial charge >= 0.3 is 0 Å². The lowest BCUT2D eigenvalue weighted by Gasteiger charge is -2.15. The Labute approximate surface area is 145 Å². The first kappa shape index (κ1) is 16.6. The van der Waals surface area contributed by atoms with Crippen molar-refractivity contribution in [1.29, 1.82) is 0 Å². The van der Waals surface area contributed by atoms with E-state index in [0.29, 0.717) is 11.4 Å². The molecule has 1 aromatic heterocycles. The molecule has 0 bridgehead atoms. The number of carbonyl (C=O) groups excluding carboxylic acids is 1. The van der Waals surface area contributed by atoms with Crippen molar-refractivity contribution in [2.24, 2.45) is 0 Å². The lowest BCUT2D eigenvalue weighted by Crippen LogP contribution is -2.20. The van der Waals surface area contributed by atoms with Gasteiger partial charge < -0.3 is 14.8 Å². The van der Waals surface area contributed by atoms with E-state index in [-0.39, 0.29) is 12.0 Å². The third-order valence-corrected chi connectivity index (χ3v) is 5.00. The third-order valence-electron chi connectivity index (χ3n) is 3.86. The zero-order valence-electron chi connectivity index (χ0n) is 13.7. The number of benzene rings is 1. The quantitative estimate of drug-likeness (QED) is 0.899. The highest BCUT2D eigenvalue weighted by Crippen LogP contribution is 2.26. The van der Waals surface area contributed by atoms with Gasteiger partial charge in [-0.1, -0.05) is 0 Å². The van der Waals surface area contributed by atoms with Crippen molar-refractivity contribution in [3.63, 3.8) is 0 Å². The molecule has 24 heavy (non-hydrogen) atoms. The second-order valence-electron chi connectivity index (χ2n) is 5.59. The number of nitrogens with one attached hydrogen (secondary N) is 1. The van der Waals surface area contributed by atoms with Crippen LogP contribution in [0.1, 0.15) is 22.3 Å². The van der Waals surface area contributed by atoms with Crippen molar-refractivity contribution < 1.29 is 14.3 Å². The number of aromatic nitrogens is 1. The van der Waals surface area contributed by atoms with E-state index in [0.717, 1.165) is 34.9 Å². The second kappa shape index (κ2) is 7.57. The molecule has 0 saturated carbocycles. The predicted molar refractivity (Wildman–Crippen MR) is 96.3 cm³/mol. The monoisotopic (exact) mass is 344 g/mol. The Balaban J connectivity index is 1.77. The number of pyridine rings is 1. The molecule has 2 aromatic rings. The number of methoxy groups -OCH3 is 1. The molecule has 5 nitrogen and oxygen atoms in total. The molecule has 1 N–H and O–H groups in total. The van der Waals surface area contributed by atoms with E-state index in [2.05, 4.69) is 10.3 Å². The zero-order chi connectivity index (χ0) is 16.9. The molecule has 0 spiro atoms. The van der Waals surface area contributed by atoms with Crippen LogP contribution >= 0.6 is 11.8 Å². The number of thioether (sulfide) groups is 1. The number of ether oxygens (including phenoxy) is 2. The SMILES string of the molecule is COc1ccc(NC(=O)c2cccnc2OC2CCSC2)c(C)c1. The fourth-order valence-corrected chi connectivity index (χ4v) is 3.61. The lowest BCUT2D eigenvalue weighted by molar-refractivity contribution is 0.101. The Bertz CT molecular complexity index is 730. The molecular formula is C18H20N2O3S. The van der Waals surface area contributed by atoms with Gasteiger partial charge in [-0.05, 0) is 55.0 Å². The number of carbonyl (C=O) groups is 1. The van der Waals surface area contributed by atoms with E-state index in [1.54, 1.807) is 25.4 Å². The first-order valence-electron chi connectivity index (χ1n) is 7.83. The average Bonchev–Trinajstić information content (AvgIpc) is 3.10. The van der Waals surface area contributed by atoms with Crippen molar-refractivity contribution in [2.75, 3.05) is 23.9 Å². The van der Waals surface area contributed by atoms with Gasteiger partial charge in [0.25, 0.3) is 5.91 Å². The van der Waals surface area contributed by atoms with E-state index < -0.39 is 0 Å². The van der Waals surface area contributed by atoms with Gasteiger partial charge in [0.05, 0.1) is 7.11 Å². The van der Waals surface area contributed by atoms with E-state index in [9.17, 15) is 4.79 Å². The Kier molecular flexibility index (Phi) is 5.25. The van der Waals surface area contributed by atoms with Crippen LogP contribution in [0, 0.1) is 6.92 Å². The summed E-state index contributed by atoms with van der Waals surface area (Å²) < 4.78 is 11.1. The molecule has 1 fully saturated rings. The predicted octanol–water partition coefficient (Wildman–Crippen LogP) is 3.54. The largest absolute Gasteiger partial charge is 0.497 e. The van der Waals surface area contributed by atoms with Gasteiger partial charge in [-0.3, -0.25) is 4.79 Å². The first-order chi connectivity index (χ1) is 11.7. The standard InChI is InChI=1S/C18H20N2O3S/c1-12-10-13(22-2)5-6-16(12)20-17(21)15-4-3-8-19-18(15)23-14-7-9-24-11-14/h3-6,8,10,14H,7,9,11H2,1-2H3,(H,20,21). The van der Waals surface area contributed by atoms with Gasteiger partial charge in [0, 0.05) is 17.6 Å². The van der Waals surface area contributed by atoms with Crippen molar-refractivity contribution in [3.8, 4) is 11.6 Å². The molecule has 1 amide bonds. The molecule has 6 heteroatoms. The van der Waals surface area contributed by atoms with Crippen molar-refractivity contribution >= 4 is 23.4 Å². The highest BCUT2D eigenvalue weighted by atomic mass is 32.2. The Hall–Kier alpha value is -2.21. The van der Waals surface area contributed by atoms with Crippen LogP contribution in [0.25, 0.3) is 0 Å². The molecule has 1 aliphatic rings. The van der Waals surface area contributed by atoms with Gasteiger partial charge in [0.15, 0.2) is 0 Å². The second-order valence-corrected chi connectivity index (χ2v) is 6.74. The van der Waals surface area contributed by atoms with Crippen molar-refractivity contribution in [3.05, 3.63) is 47.7 Å². The zero-order valence-corrected chi connectivity index (χ0v) is 14.6. The van der Waals surface area contributed by atoms with E-state index in [1.807, 2.05) is 36.9 Å². The molecule has 1 unspecified atom stereocenters. The van der Waals surface area contributed by atoms with Gasteiger partial charge in [0.2, 0.25) is 5.88 Å². The number of amides is 1. The highest BCUT2D eigenvalue weighted by molar-refractivity contribution is 7.99. The molecule has 3 rings (SSSR count). The van der Waals surface area contributed by atoms with Crippen LogP contribution < -0.4 is 14.8 Å². The topological polar surface area (TPSA) is 60.5 Å². The van der Waals surface area contributed by atoms with Crippen molar-refractivity contribution in [2.45, 2.75) is 19.4 Å². The number of hydrogen-bond acceptors (Lipinski definition) is 5. The molecule has 126 valence electrons. The number of anilines is 1. The Morgan fingerprint density at radius 2 is 2.25 bits per heavy atom. The van der Waals surface area contributed by atoms with Gasteiger partial charge in [0.1, 0.15) is 17.4 Å². The maximum Gasteiger partial charge on any atom is 0.261 e. The van der Waals surface area contributed by atoms with Crippen LogP contribution in [0.4, 0.5) is 5.69 Å². The molecule has 1 atom stereocenters. The highest BCUT2D eigenvalue weighted by Gasteiger charge is 2.21. The van der Waals surface area contributed by atoms with Gasteiger partial charge in [-0.25, -0.2) is 4.98 Å². The normalized spacial score (nSPS) is 16.7. The minimum absolute atomic E-state index is 0.124. The van der Waals surface area contributed by atoms with E-state index in [4.69, 9.17) is 9.47 Å². The summed E-state index contributed by atoms with van der Waals surface area (Å²) in [6.07, 6.45) is 2.76. The summed E-state index contributed by atoms with van der Waals surface area (Å²) in [5, 5.41) is 2.92. The van der Waals surface area contributed by atoms with Crippen LogP contribution in [0.15, 0.2) is 36.5 Å². The van der Waals surface area contributed by atoms with Crippen molar-refractivity contribution in [1.82, 2.24) is 4.98 Å². The summed E-state index contributed by atoms with van der Waals surface area (Å²) in [4.78, 5) is 16.9. The Morgan fingerprint density at radius 3 is 2.96 bits per heavy atom. The molecule has 1 aliphatic heterocycles. The summed E-state index contributed by atoms with van der Waals surface area (Å²) in [7, 11) is 1.62. The summed E-state index contributed by atoms with van der Waals surface area (Å²) >= 11 is 1.86. The molecule has 1 aromatic carbocycles. The first-order valence-corrected chi connectivity index (χ1v) is 8.98. The molecular weight excluding hydrogens is 324 g/mol. The maximum atomic E-state index is 12.6. The van der Waals surface area contributed by atoms with Gasteiger partial charge in [-0.15, -0.1) is 0 Å². The van der Waals surface area contributed by atoms with Crippen LogP contribution in [0.3, 0.4) is 0 Å². The summed E-state index contributed by atoms with van der Waals surface area (Å²) in [6.45, 7) is 1.93. The molecule has 0 aliphatic carbocycles. The fourth-order valence-electron chi connectivity index (χ4n) is 2.51. The number of rotatable bonds is 5. The smallest absolute Gasteiger partial charge is 0.261 e. The molecule has 1 saturated heterocycles. The number of aryl methyl sites for hydroxylation is 1. The van der Waals surface area contributed by atoms with E-state index >= 15 is 0 Å². The lowest BCUT2D eigenvalue weighted by atomic mass is 10.1. The van der Waals surface area contributed by atoms with E-state index in [1.165, 1.54) is 0 Å². The maximum absolute atomic E-state index is 12.6. The fraction of sp³-hybridized carbons (Fsp3) is 0.333.